The molecule has 4 rings (SSSR count). The Hall–Kier alpha value is -3.32. The Morgan fingerprint density at radius 2 is 1.92 bits per heavy atom. The van der Waals surface area contributed by atoms with E-state index in [1.54, 1.807) is 12.5 Å². The number of hydrogen-bond acceptors (Lipinski definition) is 5. The van der Waals surface area contributed by atoms with Crippen LogP contribution in [0.3, 0.4) is 0 Å². The van der Waals surface area contributed by atoms with Crippen molar-refractivity contribution >= 4 is 0 Å². The van der Waals surface area contributed by atoms with Crippen LogP contribution >= 0.6 is 0 Å². The molecule has 0 aliphatic rings. The maximum absolute atomic E-state index is 4.57. The number of para-hydroxylation sites is 1. The van der Waals surface area contributed by atoms with Gasteiger partial charge in [-0.05, 0) is 24.3 Å². The van der Waals surface area contributed by atoms with E-state index in [1.807, 2.05) is 71.2 Å². The van der Waals surface area contributed by atoms with Crippen LogP contribution in [0.25, 0.3) is 16.9 Å². The molecular formula is C19H19N7. The molecule has 4 aromatic rings. The zero-order valence-corrected chi connectivity index (χ0v) is 14.4. The highest BCUT2D eigenvalue weighted by Gasteiger charge is 2.11. The molecule has 7 heteroatoms. The molecule has 1 aromatic carbocycles. The van der Waals surface area contributed by atoms with Crippen molar-refractivity contribution < 1.29 is 0 Å². The quantitative estimate of drug-likeness (QED) is 0.581. The first-order valence-corrected chi connectivity index (χ1v) is 8.39. The fourth-order valence-electron chi connectivity index (χ4n) is 2.91. The highest BCUT2D eigenvalue weighted by Crippen LogP contribution is 2.20. The average Bonchev–Trinajstić information content (AvgIpc) is 3.30. The summed E-state index contributed by atoms with van der Waals surface area (Å²) in [5.41, 5.74) is 4.12. The van der Waals surface area contributed by atoms with Crippen LogP contribution in [-0.4, -0.2) is 29.5 Å². The van der Waals surface area contributed by atoms with E-state index in [2.05, 4.69) is 25.6 Å². The molecule has 0 spiro atoms. The van der Waals surface area contributed by atoms with Crippen LogP contribution in [0.5, 0.6) is 0 Å². The second-order valence-electron chi connectivity index (χ2n) is 5.97. The van der Waals surface area contributed by atoms with Crippen molar-refractivity contribution in [2.45, 2.75) is 13.1 Å². The second kappa shape index (κ2) is 7.28. The first-order valence-electron chi connectivity index (χ1n) is 8.39. The van der Waals surface area contributed by atoms with Gasteiger partial charge in [-0.25, -0.2) is 0 Å². The second-order valence-corrected chi connectivity index (χ2v) is 5.97. The molecule has 0 saturated carbocycles. The fourth-order valence-corrected chi connectivity index (χ4v) is 2.91. The van der Waals surface area contributed by atoms with Crippen molar-refractivity contribution in [3.8, 4) is 16.9 Å². The Labute approximate surface area is 151 Å². The number of nitrogens with zero attached hydrogens (tertiary/aromatic N) is 6. The normalized spacial score (nSPS) is 11.0. The summed E-state index contributed by atoms with van der Waals surface area (Å²) in [6, 6.07) is 14.0. The molecule has 0 saturated heterocycles. The molecule has 0 atom stereocenters. The lowest BCUT2D eigenvalue weighted by Crippen LogP contribution is -2.16. The number of hydrogen-bond donors (Lipinski definition) is 1. The van der Waals surface area contributed by atoms with E-state index >= 15 is 0 Å². The molecule has 130 valence electrons. The summed E-state index contributed by atoms with van der Waals surface area (Å²) in [6.45, 7) is 1.29. The van der Waals surface area contributed by atoms with Gasteiger partial charge >= 0.3 is 0 Å². The van der Waals surface area contributed by atoms with Crippen molar-refractivity contribution in [1.29, 1.82) is 0 Å². The zero-order valence-electron chi connectivity index (χ0n) is 14.4. The summed E-state index contributed by atoms with van der Waals surface area (Å²) < 4.78 is 3.81. The Kier molecular flexibility index (Phi) is 4.53. The van der Waals surface area contributed by atoms with Crippen LogP contribution in [0.15, 0.2) is 67.4 Å². The van der Waals surface area contributed by atoms with Crippen LogP contribution in [0.2, 0.25) is 0 Å². The summed E-state index contributed by atoms with van der Waals surface area (Å²) in [5.74, 6) is 0.864. The SMILES string of the molecule is Cn1cc(CNCc2nncn2-c2ccccc2)c(-c2cccnc2)n1. The van der Waals surface area contributed by atoms with E-state index in [1.165, 1.54) is 0 Å². The van der Waals surface area contributed by atoms with Crippen molar-refractivity contribution in [1.82, 2.24) is 34.8 Å². The van der Waals surface area contributed by atoms with Gasteiger partial charge in [0.25, 0.3) is 0 Å². The molecule has 0 unspecified atom stereocenters. The molecule has 3 aromatic heterocycles. The van der Waals surface area contributed by atoms with Crippen LogP contribution in [0.1, 0.15) is 11.4 Å². The molecule has 7 nitrogen and oxygen atoms in total. The summed E-state index contributed by atoms with van der Waals surface area (Å²) in [6.07, 6.45) is 7.35. The summed E-state index contributed by atoms with van der Waals surface area (Å²) in [7, 11) is 1.93. The van der Waals surface area contributed by atoms with Gasteiger partial charge in [-0.3, -0.25) is 14.2 Å². The van der Waals surface area contributed by atoms with Crippen molar-refractivity contribution in [3.63, 3.8) is 0 Å². The number of benzene rings is 1. The highest BCUT2D eigenvalue weighted by molar-refractivity contribution is 5.61. The van der Waals surface area contributed by atoms with Gasteiger partial charge in [-0.2, -0.15) is 5.10 Å². The smallest absolute Gasteiger partial charge is 0.151 e. The fraction of sp³-hybridized carbons (Fsp3) is 0.158. The molecule has 3 heterocycles. The topological polar surface area (TPSA) is 73.5 Å². The summed E-state index contributed by atoms with van der Waals surface area (Å²) in [4.78, 5) is 4.19. The monoisotopic (exact) mass is 345 g/mol. The summed E-state index contributed by atoms with van der Waals surface area (Å²) in [5, 5.41) is 16.3. The van der Waals surface area contributed by atoms with Gasteiger partial charge < -0.3 is 5.32 Å². The number of nitrogens with one attached hydrogen (secondary N) is 1. The molecule has 26 heavy (non-hydrogen) atoms. The van der Waals surface area contributed by atoms with E-state index in [0.29, 0.717) is 13.1 Å². The molecule has 0 radical (unpaired) electrons. The van der Waals surface area contributed by atoms with Gasteiger partial charge in [-0.1, -0.05) is 18.2 Å². The lowest BCUT2D eigenvalue weighted by molar-refractivity contribution is 0.651. The van der Waals surface area contributed by atoms with Gasteiger partial charge in [-0.15, -0.1) is 10.2 Å². The van der Waals surface area contributed by atoms with Crippen LogP contribution in [0.4, 0.5) is 0 Å². The van der Waals surface area contributed by atoms with Gasteiger partial charge in [0.2, 0.25) is 0 Å². The zero-order chi connectivity index (χ0) is 17.8. The third-order valence-corrected chi connectivity index (χ3v) is 4.09. The van der Waals surface area contributed by atoms with Crippen molar-refractivity contribution in [3.05, 3.63) is 78.8 Å². The van der Waals surface area contributed by atoms with E-state index in [0.717, 1.165) is 28.3 Å². The largest absolute Gasteiger partial charge is 0.306 e. The van der Waals surface area contributed by atoms with E-state index in [-0.39, 0.29) is 0 Å². The van der Waals surface area contributed by atoms with Crippen molar-refractivity contribution in [2.24, 2.45) is 7.05 Å². The molecule has 0 fully saturated rings. The minimum atomic E-state index is 0.607. The molecule has 0 bridgehead atoms. The molecule has 0 aliphatic heterocycles. The van der Waals surface area contributed by atoms with Crippen molar-refractivity contribution in [2.75, 3.05) is 0 Å². The number of aryl methyl sites for hydroxylation is 1. The lowest BCUT2D eigenvalue weighted by atomic mass is 10.1. The Bertz CT molecular complexity index is 974. The third-order valence-electron chi connectivity index (χ3n) is 4.09. The van der Waals surface area contributed by atoms with Gasteiger partial charge in [0, 0.05) is 49.0 Å². The number of rotatable bonds is 6. The van der Waals surface area contributed by atoms with E-state index in [9.17, 15) is 0 Å². The van der Waals surface area contributed by atoms with Gasteiger partial charge in [0.05, 0.1) is 12.2 Å². The predicted octanol–water partition coefficient (Wildman–Crippen LogP) is 2.35. The maximum atomic E-state index is 4.57. The summed E-state index contributed by atoms with van der Waals surface area (Å²) >= 11 is 0. The molecule has 0 aliphatic carbocycles. The number of aromatic nitrogens is 6. The van der Waals surface area contributed by atoms with Gasteiger partial charge in [0.1, 0.15) is 6.33 Å². The van der Waals surface area contributed by atoms with Gasteiger partial charge in [0.15, 0.2) is 5.82 Å². The maximum Gasteiger partial charge on any atom is 0.151 e. The number of pyridine rings is 1. The first kappa shape index (κ1) is 16.2. The Balaban J connectivity index is 1.48. The highest BCUT2D eigenvalue weighted by atomic mass is 15.3. The Morgan fingerprint density at radius 3 is 2.73 bits per heavy atom. The van der Waals surface area contributed by atoms with Crippen LogP contribution in [0, 0.1) is 0 Å². The minimum absolute atomic E-state index is 0.607. The Morgan fingerprint density at radius 1 is 1.04 bits per heavy atom. The first-order chi connectivity index (χ1) is 12.8. The predicted molar refractivity (Wildman–Crippen MR) is 98.3 cm³/mol. The standard InChI is InChI=1S/C19H19N7/c1-25-13-16(19(24-25)15-6-5-9-20-10-15)11-21-12-18-23-22-14-26(18)17-7-3-2-4-8-17/h2-10,13-14,21H,11-12H2,1H3. The average molecular weight is 345 g/mol. The van der Waals surface area contributed by atoms with Crippen LogP contribution in [-0.2, 0) is 20.1 Å². The van der Waals surface area contributed by atoms with E-state index in [4.69, 9.17) is 0 Å². The lowest BCUT2D eigenvalue weighted by Gasteiger charge is -2.08. The molecular weight excluding hydrogens is 326 g/mol. The molecule has 1 N–H and O–H groups in total. The van der Waals surface area contributed by atoms with E-state index < -0.39 is 0 Å². The van der Waals surface area contributed by atoms with Crippen LogP contribution < -0.4 is 5.32 Å². The minimum Gasteiger partial charge on any atom is -0.306 e. The third kappa shape index (κ3) is 3.38. The molecule has 0 amide bonds.